The molecule has 2 heterocycles. The average molecular weight is 419 g/mol. The molecule has 0 fully saturated rings. The van der Waals surface area contributed by atoms with Gasteiger partial charge < -0.3 is 19.6 Å². The van der Waals surface area contributed by atoms with Crippen LogP contribution in [0.5, 0.6) is 11.5 Å². The molecule has 0 saturated heterocycles. The highest BCUT2D eigenvalue weighted by atomic mass is 16.5. The molecule has 0 aliphatic carbocycles. The van der Waals surface area contributed by atoms with Crippen molar-refractivity contribution in [3.63, 3.8) is 0 Å². The first-order valence-corrected chi connectivity index (χ1v) is 9.64. The van der Waals surface area contributed by atoms with Crippen molar-refractivity contribution < 1.29 is 19.1 Å². The Morgan fingerprint density at radius 3 is 2.81 bits per heavy atom. The van der Waals surface area contributed by atoms with Crippen molar-refractivity contribution in [2.24, 2.45) is 0 Å². The number of amides is 1. The number of oxazole rings is 1. The quantitative estimate of drug-likeness (QED) is 0.451. The van der Waals surface area contributed by atoms with Crippen molar-refractivity contribution in [1.82, 2.24) is 25.3 Å². The number of nitrogens with one attached hydrogen (secondary N) is 1. The van der Waals surface area contributed by atoms with E-state index in [1.54, 1.807) is 41.2 Å². The van der Waals surface area contributed by atoms with Crippen LogP contribution in [-0.2, 0) is 19.7 Å². The van der Waals surface area contributed by atoms with Gasteiger partial charge in [-0.25, -0.2) is 9.67 Å². The summed E-state index contributed by atoms with van der Waals surface area (Å²) in [7, 11) is 0. The number of phenols is 1. The topological polar surface area (TPSA) is 115 Å². The highest BCUT2D eigenvalue weighted by Crippen LogP contribution is 2.18. The van der Waals surface area contributed by atoms with Gasteiger partial charge in [-0.2, -0.15) is 0 Å². The summed E-state index contributed by atoms with van der Waals surface area (Å²) in [6.45, 7) is 2.87. The molecule has 4 aromatic rings. The first kappa shape index (κ1) is 20.1. The number of hydrogen-bond acceptors (Lipinski definition) is 7. The first-order chi connectivity index (χ1) is 15.1. The van der Waals surface area contributed by atoms with Crippen LogP contribution in [0.15, 0.2) is 65.5 Å². The average Bonchev–Trinajstić information content (AvgIpc) is 3.39. The van der Waals surface area contributed by atoms with Gasteiger partial charge in [0.2, 0.25) is 0 Å². The zero-order valence-electron chi connectivity index (χ0n) is 16.9. The third-order valence-corrected chi connectivity index (χ3v) is 4.61. The molecule has 0 bridgehead atoms. The van der Waals surface area contributed by atoms with Gasteiger partial charge in [-0.3, -0.25) is 4.79 Å². The molecule has 4 rings (SSSR count). The molecule has 0 aliphatic rings. The van der Waals surface area contributed by atoms with Gasteiger partial charge in [-0.15, -0.1) is 5.10 Å². The Labute approximate surface area is 178 Å². The van der Waals surface area contributed by atoms with Crippen LogP contribution in [0.3, 0.4) is 0 Å². The molecule has 158 valence electrons. The Bertz CT molecular complexity index is 1170. The molecule has 0 saturated carbocycles. The van der Waals surface area contributed by atoms with Gasteiger partial charge in [0.15, 0.2) is 6.39 Å². The summed E-state index contributed by atoms with van der Waals surface area (Å²) >= 11 is 0. The van der Waals surface area contributed by atoms with Gasteiger partial charge in [-0.05, 0) is 36.8 Å². The zero-order valence-corrected chi connectivity index (χ0v) is 16.9. The highest BCUT2D eigenvalue weighted by Gasteiger charge is 2.09. The molecular weight excluding hydrogens is 398 g/mol. The van der Waals surface area contributed by atoms with E-state index < -0.39 is 0 Å². The lowest BCUT2D eigenvalue weighted by Crippen LogP contribution is -2.22. The summed E-state index contributed by atoms with van der Waals surface area (Å²) in [5.41, 5.74) is 2.96. The fourth-order valence-corrected chi connectivity index (χ4v) is 2.92. The predicted molar refractivity (Wildman–Crippen MR) is 110 cm³/mol. The van der Waals surface area contributed by atoms with E-state index >= 15 is 0 Å². The van der Waals surface area contributed by atoms with Crippen molar-refractivity contribution >= 4 is 5.91 Å². The van der Waals surface area contributed by atoms with Crippen LogP contribution < -0.4 is 10.1 Å². The first-order valence-electron chi connectivity index (χ1n) is 9.64. The molecule has 2 aromatic heterocycles. The van der Waals surface area contributed by atoms with Gasteiger partial charge in [-0.1, -0.05) is 23.4 Å². The smallest absolute Gasteiger partial charge is 0.251 e. The molecule has 2 aromatic carbocycles. The third kappa shape index (κ3) is 5.27. The Morgan fingerprint density at radius 1 is 1.23 bits per heavy atom. The van der Waals surface area contributed by atoms with Crippen LogP contribution >= 0.6 is 0 Å². The minimum atomic E-state index is -0.186. The van der Waals surface area contributed by atoms with Crippen LogP contribution in [0, 0.1) is 6.92 Å². The molecule has 2 N–H and O–H groups in total. The van der Waals surface area contributed by atoms with Crippen LogP contribution in [-0.4, -0.2) is 31.0 Å². The maximum atomic E-state index is 12.3. The Morgan fingerprint density at radius 2 is 2.06 bits per heavy atom. The van der Waals surface area contributed by atoms with Crippen LogP contribution in [0.4, 0.5) is 0 Å². The Hall–Kier alpha value is -4.14. The minimum absolute atomic E-state index is 0.145. The number of aryl methyl sites for hydroxylation is 1. The molecular formula is C22H21N5O4. The molecule has 0 unspecified atom stereocenters. The molecule has 0 atom stereocenters. The summed E-state index contributed by atoms with van der Waals surface area (Å²) in [6.07, 6.45) is 3.16. The number of nitrogens with zero attached hydrogens (tertiary/aromatic N) is 4. The minimum Gasteiger partial charge on any atom is -0.508 e. The van der Waals surface area contributed by atoms with Crippen LogP contribution in [0.1, 0.15) is 33.1 Å². The lowest BCUT2D eigenvalue weighted by Gasteiger charge is -2.06. The molecule has 0 spiro atoms. The highest BCUT2D eigenvalue weighted by molar-refractivity contribution is 5.94. The molecule has 0 aliphatic heterocycles. The Kier molecular flexibility index (Phi) is 5.93. The van der Waals surface area contributed by atoms with E-state index in [0.29, 0.717) is 35.9 Å². The third-order valence-electron chi connectivity index (χ3n) is 4.61. The number of aromatic nitrogens is 4. The maximum absolute atomic E-state index is 12.3. The standard InChI is InChI=1S/C22H21N5O4/c1-15-21(31-14-24-15)10-23-22(29)17-7-5-16(6-8-17)11-27-12-18(25-26-27)13-30-20-4-2-3-19(28)9-20/h2-9,12,14,28H,10-11,13H2,1H3,(H,23,29). The summed E-state index contributed by atoms with van der Waals surface area (Å²) in [6, 6.07) is 13.9. The van der Waals surface area contributed by atoms with Gasteiger partial charge in [0.05, 0.1) is 25.0 Å². The number of hydrogen-bond donors (Lipinski definition) is 2. The van der Waals surface area contributed by atoms with Gasteiger partial charge in [0.1, 0.15) is 29.6 Å². The monoisotopic (exact) mass is 419 g/mol. The van der Waals surface area contributed by atoms with E-state index in [0.717, 1.165) is 11.3 Å². The Balaban J connectivity index is 1.29. The van der Waals surface area contributed by atoms with E-state index in [4.69, 9.17) is 9.15 Å². The lowest BCUT2D eigenvalue weighted by atomic mass is 10.1. The number of benzene rings is 2. The van der Waals surface area contributed by atoms with E-state index in [2.05, 4.69) is 20.6 Å². The normalized spacial score (nSPS) is 10.7. The summed E-state index contributed by atoms with van der Waals surface area (Å²) in [5, 5.41) is 20.5. The maximum Gasteiger partial charge on any atom is 0.251 e. The number of carbonyl (C=O) groups excluding carboxylic acids is 1. The van der Waals surface area contributed by atoms with Crippen molar-refractivity contribution in [2.45, 2.75) is 26.6 Å². The second-order valence-corrected chi connectivity index (χ2v) is 6.93. The van der Waals surface area contributed by atoms with E-state index in [-0.39, 0.29) is 18.3 Å². The van der Waals surface area contributed by atoms with Crippen molar-refractivity contribution in [3.8, 4) is 11.5 Å². The van der Waals surface area contributed by atoms with Crippen molar-refractivity contribution in [2.75, 3.05) is 0 Å². The largest absolute Gasteiger partial charge is 0.508 e. The fourth-order valence-electron chi connectivity index (χ4n) is 2.92. The van der Waals surface area contributed by atoms with E-state index in [1.807, 2.05) is 19.1 Å². The summed E-state index contributed by atoms with van der Waals surface area (Å²) in [5.74, 6) is 1.16. The SMILES string of the molecule is Cc1ncoc1CNC(=O)c1ccc(Cn2cc(COc3cccc(O)c3)nn2)cc1. The van der Waals surface area contributed by atoms with Crippen molar-refractivity contribution in [3.05, 3.63) is 89.4 Å². The van der Waals surface area contributed by atoms with E-state index in [1.165, 1.54) is 12.5 Å². The second-order valence-electron chi connectivity index (χ2n) is 6.93. The number of rotatable bonds is 8. The number of ether oxygens (including phenoxy) is 1. The summed E-state index contributed by atoms with van der Waals surface area (Å²) < 4.78 is 12.5. The molecule has 9 heteroatoms. The van der Waals surface area contributed by atoms with Crippen molar-refractivity contribution in [1.29, 1.82) is 0 Å². The number of aromatic hydroxyl groups is 1. The lowest BCUT2D eigenvalue weighted by molar-refractivity contribution is 0.0948. The van der Waals surface area contributed by atoms with Gasteiger partial charge >= 0.3 is 0 Å². The molecule has 1 amide bonds. The van der Waals surface area contributed by atoms with E-state index in [9.17, 15) is 9.90 Å². The number of phenolic OH excluding ortho intramolecular Hbond substituents is 1. The predicted octanol–water partition coefficient (Wildman–Crippen LogP) is 2.84. The molecule has 31 heavy (non-hydrogen) atoms. The zero-order chi connectivity index (χ0) is 21.6. The van der Waals surface area contributed by atoms with Crippen LogP contribution in [0.2, 0.25) is 0 Å². The fraction of sp³-hybridized carbons (Fsp3) is 0.182. The molecule has 9 nitrogen and oxygen atoms in total. The number of carbonyl (C=O) groups is 1. The van der Waals surface area contributed by atoms with Gasteiger partial charge in [0.25, 0.3) is 5.91 Å². The van der Waals surface area contributed by atoms with Crippen LogP contribution in [0.25, 0.3) is 0 Å². The second kappa shape index (κ2) is 9.12. The summed E-state index contributed by atoms with van der Waals surface area (Å²) in [4.78, 5) is 16.3. The van der Waals surface area contributed by atoms with Gasteiger partial charge in [0, 0.05) is 11.6 Å². The molecule has 0 radical (unpaired) electrons.